The summed E-state index contributed by atoms with van der Waals surface area (Å²) in [5, 5.41) is 2.83. The number of rotatable bonds is 8. The van der Waals surface area contributed by atoms with Gasteiger partial charge in [0.25, 0.3) is 0 Å². The van der Waals surface area contributed by atoms with Crippen LogP contribution in [0.1, 0.15) is 26.7 Å². The Kier molecular flexibility index (Phi) is 8.81. The summed E-state index contributed by atoms with van der Waals surface area (Å²) in [4.78, 5) is 12.1. The number of carbonyl (C=O) groups excluding carboxylic acids is 1. The number of anilines is 1. The fraction of sp³-hybridized carbons (Fsp3) is 0.316. The lowest BCUT2D eigenvalue weighted by molar-refractivity contribution is -0.117. The average molecular weight is 365 g/mol. The van der Waals surface area contributed by atoms with Crippen LogP contribution in [0, 0.1) is 0 Å². The Balaban J connectivity index is 0.00000312. The highest BCUT2D eigenvalue weighted by Gasteiger charge is 2.14. The van der Waals surface area contributed by atoms with Crippen molar-refractivity contribution in [3.8, 4) is 17.2 Å². The van der Waals surface area contributed by atoms with E-state index in [1.54, 1.807) is 12.1 Å². The lowest BCUT2D eigenvalue weighted by Gasteiger charge is -2.15. The van der Waals surface area contributed by atoms with Gasteiger partial charge >= 0.3 is 0 Å². The van der Waals surface area contributed by atoms with Gasteiger partial charge in [-0.1, -0.05) is 25.5 Å². The third-order valence-electron chi connectivity index (χ3n) is 3.44. The molecule has 25 heavy (non-hydrogen) atoms. The highest BCUT2D eigenvalue weighted by atomic mass is 35.5. The normalized spacial score (nSPS) is 11.2. The van der Waals surface area contributed by atoms with Crippen LogP contribution in [0.25, 0.3) is 0 Å². The van der Waals surface area contributed by atoms with Gasteiger partial charge in [-0.25, -0.2) is 0 Å². The van der Waals surface area contributed by atoms with Gasteiger partial charge in [0.05, 0.1) is 18.3 Å². The van der Waals surface area contributed by atoms with Crippen molar-refractivity contribution in [2.45, 2.75) is 32.7 Å². The van der Waals surface area contributed by atoms with Crippen LogP contribution < -0.4 is 20.5 Å². The lowest BCUT2D eigenvalue weighted by Crippen LogP contribution is -2.35. The first-order valence-corrected chi connectivity index (χ1v) is 8.20. The molecule has 1 atom stereocenters. The van der Waals surface area contributed by atoms with Gasteiger partial charge in [-0.3, -0.25) is 4.79 Å². The second-order valence-electron chi connectivity index (χ2n) is 5.39. The number of hydrogen-bond acceptors (Lipinski definition) is 4. The van der Waals surface area contributed by atoms with Crippen molar-refractivity contribution in [3.63, 3.8) is 0 Å². The molecule has 136 valence electrons. The van der Waals surface area contributed by atoms with E-state index >= 15 is 0 Å². The highest BCUT2D eigenvalue weighted by Crippen LogP contribution is 2.30. The Labute approximate surface area is 154 Å². The van der Waals surface area contributed by atoms with Crippen LogP contribution in [-0.2, 0) is 4.79 Å². The molecule has 0 bridgehead atoms. The van der Waals surface area contributed by atoms with Gasteiger partial charge in [0.1, 0.15) is 11.5 Å². The summed E-state index contributed by atoms with van der Waals surface area (Å²) in [5.74, 6) is 1.81. The Morgan fingerprint density at radius 2 is 1.72 bits per heavy atom. The number of hydrogen-bond donors (Lipinski definition) is 2. The summed E-state index contributed by atoms with van der Waals surface area (Å²) in [7, 11) is 0. The molecule has 0 fully saturated rings. The summed E-state index contributed by atoms with van der Waals surface area (Å²) < 4.78 is 11.3. The molecule has 0 saturated carbocycles. The van der Waals surface area contributed by atoms with Crippen molar-refractivity contribution in [2.24, 2.45) is 5.73 Å². The molecule has 0 aliphatic rings. The van der Waals surface area contributed by atoms with Gasteiger partial charge in [0, 0.05) is 0 Å². The topological polar surface area (TPSA) is 73.6 Å². The molecule has 2 rings (SSSR count). The maximum absolute atomic E-state index is 12.1. The third-order valence-corrected chi connectivity index (χ3v) is 3.44. The van der Waals surface area contributed by atoms with Gasteiger partial charge in [0.15, 0.2) is 5.75 Å². The zero-order chi connectivity index (χ0) is 17.4. The van der Waals surface area contributed by atoms with Crippen molar-refractivity contribution in [1.29, 1.82) is 0 Å². The minimum atomic E-state index is -0.520. The summed E-state index contributed by atoms with van der Waals surface area (Å²) in [6.07, 6.45) is 1.51. The molecule has 6 heteroatoms. The quantitative estimate of drug-likeness (QED) is 0.729. The van der Waals surface area contributed by atoms with E-state index < -0.39 is 6.04 Å². The minimum Gasteiger partial charge on any atom is -0.494 e. The molecule has 0 aromatic heterocycles. The second-order valence-corrected chi connectivity index (χ2v) is 5.39. The number of benzene rings is 2. The van der Waals surface area contributed by atoms with E-state index in [9.17, 15) is 4.79 Å². The predicted octanol–water partition coefficient (Wildman–Crippen LogP) is 4.37. The number of carbonyl (C=O) groups is 1. The van der Waals surface area contributed by atoms with Gasteiger partial charge in [-0.2, -0.15) is 0 Å². The molecule has 1 unspecified atom stereocenters. The van der Waals surface area contributed by atoms with Crippen LogP contribution in [0.2, 0.25) is 0 Å². The summed E-state index contributed by atoms with van der Waals surface area (Å²) >= 11 is 0. The molecule has 0 aliphatic carbocycles. The van der Waals surface area contributed by atoms with E-state index in [1.807, 2.05) is 50.2 Å². The number of nitrogens with one attached hydrogen (secondary N) is 1. The second kappa shape index (κ2) is 10.6. The van der Waals surface area contributed by atoms with Crippen molar-refractivity contribution in [1.82, 2.24) is 0 Å². The molecule has 0 radical (unpaired) electrons. The Morgan fingerprint density at radius 3 is 2.36 bits per heavy atom. The lowest BCUT2D eigenvalue weighted by atomic mass is 10.1. The van der Waals surface area contributed by atoms with Gasteiger partial charge < -0.3 is 20.5 Å². The van der Waals surface area contributed by atoms with E-state index in [0.29, 0.717) is 30.2 Å². The number of amides is 1. The zero-order valence-electron chi connectivity index (χ0n) is 14.5. The van der Waals surface area contributed by atoms with E-state index in [4.69, 9.17) is 15.2 Å². The van der Waals surface area contributed by atoms with E-state index in [2.05, 4.69) is 5.32 Å². The van der Waals surface area contributed by atoms with Crippen LogP contribution in [0.15, 0.2) is 48.5 Å². The molecule has 1 amide bonds. The van der Waals surface area contributed by atoms with E-state index in [-0.39, 0.29) is 18.3 Å². The molecular formula is C19H25ClN2O3. The number of para-hydroxylation sites is 2. The van der Waals surface area contributed by atoms with E-state index in [0.717, 1.165) is 12.2 Å². The highest BCUT2D eigenvalue weighted by molar-refractivity contribution is 5.95. The molecule has 0 saturated heterocycles. The van der Waals surface area contributed by atoms with Crippen molar-refractivity contribution < 1.29 is 14.3 Å². The summed E-state index contributed by atoms with van der Waals surface area (Å²) in [6, 6.07) is 14.1. The Hall–Kier alpha value is -2.24. The molecule has 2 aromatic rings. The van der Waals surface area contributed by atoms with Gasteiger partial charge in [0.2, 0.25) is 5.91 Å². The van der Waals surface area contributed by atoms with Crippen LogP contribution in [0.3, 0.4) is 0 Å². The maximum atomic E-state index is 12.1. The molecule has 2 aromatic carbocycles. The van der Waals surface area contributed by atoms with Crippen LogP contribution >= 0.6 is 12.4 Å². The Bertz CT molecular complexity index is 662. The van der Waals surface area contributed by atoms with E-state index in [1.165, 1.54) is 0 Å². The Morgan fingerprint density at radius 1 is 1.08 bits per heavy atom. The van der Waals surface area contributed by atoms with Crippen molar-refractivity contribution >= 4 is 24.0 Å². The SMILES string of the molecule is CCCC(N)C(=O)Nc1ccccc1Oc1ccc(OCC)cc1.Cl. The average Bonchev–Trinajstić information content (AvgIpc) is 2.59. The summed E-state index contributed by atoms with van der Waals surface area (Å²) in [6.45, 7) is 4.55. The van der Waals surface area contributed by atoms with Crippen LogP contribution in [0.5, 0.6) is 17.2 Å². The predicted molar refractivity (Wildman–Crippen MR) is 103 cm³/mol. The fourth-order valence-corrected chi connectivity index (χ4v) is 2.22. The first kappa shape index (κ1) is 20.8. The molecule has 3 N–H and O–H groups in total. The maximum Gasteiger partial charge on any atom is 0.241 e. The molecule has 0 aliphatic heterocycles. The first-order chi connectivity index (χ1) is 11.6. The zero-order valence-corrected chi connectivity index (χ0v) is 15.3. The van der Waals surface area contributed by atoms with Crippen molar-refractivity contribution in [2.75, 3.05) is 11.9 Å². The molecule has 0 spiro atoms. The fourth-order valence-electron chi connectivity index (χ4n) is 2.22. The van der Waals surface area contributed by atoms with Gasteiger partial charge in [-0.05, 0) is 49.7 Å². The number of nitrogens with two attached hydrogens (primary N) is 1. The van der Waals surface area contributed by atoms with Crippen LogP contribution in [-0.4, -0.2) is 18.6 Å². The first-order valence-electron chi connectivity index (χ1n) is 8.20. The number of ether oxygens (including phenoxy) is 2. The molecule has 0 heterocycles. The molecule has 5 nitrogen and oxygen atoms in total. The van der Waals surface area contributed by atoms with Crippen LogP contribution in [0.4, 0.5) is 5.69 Å². The van der Waals surface area contributed by atoms with Crippen molar-refractivity contribution in [3.05, 3.63) is 48.5 Å². The minimum absolute atomic E-state index is 0. The molecular weight excluding hydrogens is 340 g/mol. The van der Waals surface area contributed by atoms with Gasteiger partial charge in [-0.15, -0.1) is 12.4 Å². The largest absolute Gasteiger partial charge is 0.494 e. The number of halogens is 1. The smallest absolute Gasteiger partial charge is 0.241 e. The monoisotopic (exact) mass is 364 g/mol. The standard InChI is InChI=1S/C19H24N2O3.ClH/c1-3-7-16(20)19(22)21-17-8-5-6-9-18(17)24-15-12-10-14(11-13-15)23-4-2;/h5-6,8-13,16H,3-4,7,20H2,1-2H3,(H,21,22);1H. The summed E-state index contributed by atoms with van der Waals surface area (Å²) in [5.41, 5.74) is 6.46. The third kappa shape index (κ3) is 6.29.